The molecule has 0 bridgehead atoms. The fourth-order valence-corrected chi connectivity index (χ4v) is 1.61. The van der Waals surface area contributed by atoms with E-state index in [1.807, 2.05) is 25.1 Å². The lowest BCUT2D eigenvalue weighted by molar-refractivity contribution is -0.354. The quantitative estimate of drug-likeness (QED) is 0.747. The lowest BCUT2D eigenvalue weighted by atomic mass is 10.0. The Labute approximate surface area is 102 Å². The van der Waals surface area contributed by atoms with E-state index in [2.05, 4.69) is 19.9 Å². The summed E-state index contributed by atoms with van der Waals surface area (Å²) in [7, 11) is 0. The van der Waals surface area contributed by atoms with Crippen molar-refractivity contribution in [2.24, 2.45) is 0 Å². The molecule has 1 heterocycles. The molecule has 0 saturated carbocycles. The monoisotopic (exact) mass is 234 g/mol. The second-order valence-corrected chi connectivity index (χ2v) is 4.38. The smallest absolute Gasteiger partial charge is 0.186 e. The van der Waals surface area contributed by atoms with E-state index < -0.39 is 0 Å². The van der Waals surface area contributed by atoms with Crippen LogP contribution >= 0.6 is 0 Å². The van der Waals surface area contributed by atoms with Crippen molar-refractivity contribution in [3.05, 3.63) is 42.2 Å². The highest BCUT2D eigenvalue weighted by Gasteiger charge is 2.23. The van der Waals surface area contributed by atoms with Crippen LogP contribution in [-0.4, -0.2) is 12.6 Å². The molecule has 0 aliphatic carbocycles. The third kappa shape index (κ3) is 3.32. The first-order valence-corrected chi connectivity index (χ1v) is 5.89. The summed E-state index contributed by atoms with van der Waals surface area (Å²) in [6.07, 6.45) is 2.99. The van der Waals surface area contributed by atoms with Gasteiger partial charge >= 0.3 is 0 Å². The summed E-state index contributed by atoms with van der Waals surface area (Å²) in [6.45, 7) is 6.18. The Hall–Kier alpha value is -1.32. The predicted molar refractivity (Wildman–Crippen MR) is 65.7 cm³/mol. The van der Waals surface area contributed by atoms with Crippen LogP contribution in [0.2, 0.25) is 0 Å². The van der Waals surface area contributed by atoms with Gasteiger partial charge in [0.1, 0.15) is 5.75 Å². The van der Waals surface area contributed by atoms with Crippen LogP contribution in [0, 0.1) is 0 Å². The van der Waals surface area contributed by atoms with Crippen molar-refractivity contribution < 1.29 is 14.2 Å². The van der Waals surface area contributed by atoms with Crippen molar-refractivity contribution >= 4 is 0 Å². The standard InChI is InChI=1S/C14H18O3/c1-10(2)12-5-4-6-13(9-12)15-8-7-14-16-11(3)17-14/h4-11,14H,1-3H3/b8-7+. The summed E-state index contributed by atoms with van der Waals surface area (Å²) < 4.78 is 16.0. The predicted octanol–water partition coefficient (Wildman–Crippen LogP) is 3.42. The second-order valence-electron chi connectivity index (χ2n) is 4.38. The molecule has 1 aromatic carbocycles. The number of ether oxygens (including phenoxy) is 3. The Bertz CT molecular complexity index is 392. The minimum Gasteiger partial charge on any atom is -0.465 e. The lowest BCUT2D eigenvalue weighted by Gasteiger charge is -2.31. The average molecular weight is 234 g/mol. The second kappa shape index (κ2) is 5.34. The molecule has 17 heavy (non-hydrogen) atoms. The molecule has 3 heteroatoms. The summed E-state index contributed by atoms with van der Waals surface area (Å²) >= 11 is 0. The molecule has 1 fully saturated rings. The molecule has 1 aromatic rings. The molecule has 0 amide bonds. The SMILES string of the molecule is CC1OC(/C=C/Oc2cccc(C(C)C)c2)O1. The van der Waals surface area contributed by atoms with Gasteiger partial charge in [0.15, 0.2) is 12.6 Å². The van der Waals surface area contributed by atoms with E-state index in [9.17, 15) is 0 Å². The van der Waals surface area contributed by atoms with Gasteiger partial charge in [0.2, 0.25) is 0 Å². The summed E-state index contributed by atoms with van der Waals surface area (Å²) in [6, 6.07) is 8.07. The van der Waals surface area contributed by atoms with Crippen LogP contribution in [0.3, 0.4) is 0 Å². The highest BCUT2D eigenvalue weighted by molar-refractivity contribution is 5.30. The van der Waals surface area contributed by atoms with Gasteiger partial charge in [-0.15, -0.1) is 0 Å². The molecule has 0 unspecified atom stereocenters. The summed E-state index contributed by atoms with van der Waals surface area (Å²) in [5, 5.41) is 0. The van der Waals surface area contributed by atoms with Gasteiger partial charge in [-0.2, -0.15) is 0 Å². The van der Waals surface area contributed by atoms with Gasteiger partial charge in [-0.1, -0.05) is 26.0 Å². The molecular formula is C14H18O3. The van der Waals surface area contributed by atoms with Crippen molar-refractivity contribution in [1.29, 1.82) is 0 Å². The molecule has 0 spiro atoms. The zero-order valence-corrected chi connectivity index (χ0v) is 10.4. The third-order valence-corrected chi connectivity index (χ3v) is 2.62. The summed E-state index contributed by atoms with van der Waals surface area (Å²) in [5.41, 5.74) is 1.26. The number of rotatable bonds is 4. The zero-order valence-electron chi connectivity index (χ0n) is 10.4. The minimum atomic E-state index is -0.265. The molecule has 0 radical (unpaired) electrons. The maximum Gasteiger partial charge on any atom is 0.186 e. The molecular weight excluding hydrogens is 216 g/mol. The first-order valence-electron chi connectivity index (χ1n) is 5.89. The van der Waals surface area contributed by atoms with Gasteiger partial charge in [0.05, 0.1) is 6.26 Å². The first-order chi connectivity index (χ1) is 8.15. The van der Waals surface area contributed by atoms with Crippen molar-refractivity contribution in [1.82, 2.24) is 0 Å². The van der Waals surface area contributed by atoms with Gasteiger partial charge in [-0.05, 0) is 30.5 Å². The average Bonchev–Trinajstić information content (AvgIpc) is 2.27. The fraction of sp³-hybridized carbons (Fsp3) is 0.429. The van der Waals surface area contributed by atoms with Crippen LogP contribution in [0.25, 0.3) is 0 Å². The van der Waals surface area contributed by atoms with Crippen LogP contribution in [0.15, 0.2) is 36.6 Å². The van der Waals surface area contributed by atoms with E-state index in [1.54, 1.807) is 12.3 Å². The highest BCUT2D eigenvalue weighted by atomic mass is 16.9. The number of benzene rings is 1. The van der Waals surface area contributed by atoms with E-state index in [-0.39, 0.29) is 12.6 Å². The van der Waals surface area contributed by atoms with Gasteiger partial charge < -0.3 is 14.2 Å². The normalized spacial score (nSPS) is 24.0. The van der Waals surface area contributed by atoms with Crippen LogP contribution in [0.5, 0.6) is 5.75 Å². The summed E-state index contributed by atoms with van der Waals surface area (Å²) in [5.74, 6) is 1.33. The maximum atomic E-state index is 5.50. The Morgan fingerprint density at radius 1 is 1.29 bits per heavy atom. The van der Waals surface area contributed by atoms with Crippen molar-refractivity contribution in [3.8, 4) is 5.75 Å². The van der Waals surface area contributed by atoms with Crippen LogP contribution in [0.4, 0.5) is 0 Å². The Kier molecular flexibility index (Phi) is 3.82. The van der Waals surface area contributed by atoms with Crippen molar-refractivity contribution in [3.63, 3.8) is 0 Å². The fourth-order valence-electron chi connectivity index (χ4n) is 1.61. The summed E-state index contributed by atoms with van der Waals surface area (Å²) in [4.78, 5) is 0. The zero-order chi connectivity index (χ0) is 12.3. The topological polar surface area (TPSA) is 27.7 Å². The molecule has 0 N–H and O–H groups in total. The van der Waals surface area contributed by atoms with Crippen LogP contribution in [0.1, 0.15) is 32.3 Å². The van der Waals surface area contributed by atoms with E-state index in [0.717, 1.165) is 5.75 Å². The first kappa shape index (κ1) is 12.1. The number of hydrogen-bond acceptors (Lipinski definition) is 3. The van der Waals surface area contributed by atoms with E-state index in [0.29, 0.717) is 5.92 Å². The van der Waals surface area contributed by atoms with Crippen LogP contribution < -0.4 is 4.74 Å². The molecule has 1 saturated heterocycles. The molecule has 0 atom stereocenters. The van der Waals surface area contributed by atoms with E-state index in [4.69, 9.17) is 14.2 Å². The van der Waals surface area contributed by atoms with Crippen molar-refractivity contribution in [2.45, 2.75) is 39.3 Å². The lowest BCUT2D eigenvalue weighted by Crippen LogP contribution is -2.37. The van der Waals surface area contributed by atoms with Crippen molar-refractivity contribution in [2.75, 3.05) is 0 Å². The van der Waals surface area contributed by atoms with E-state index in [1.165, 1.54) is 5.56 Å². The van der Waals surface area contributed by atoms with Gasteiger partial charge in [0, 0.05) is 6.08 Å². The Morgan fingerprint density at radius 3 is 2.71 bits per heavy atom. The number of hydrogen-bond donors (Lipinski definition) is 0. The molecule has 3 nitrogen and oxygen atoms in total. The molecule has 0 aromatic heterocycles. The third-order valence-electron chi connectivity index (χ3n) is 2.62. The Balaban J connectivity index is 1.88. The molecule has 92 valence electrons. The van der Waals surface area contributed by atoms with E-state index >= 15 is 0 Å². The van der Waals surface area contributed by atoms with Gasteiger partial charge in [-0.25, -0.2) is 0 Å². The van der Waals surface area contributed by atoms with Crippen LogP contribution in [-0.2, 0) is 9.47 Å². The molecule has 1 aliphatic heterocycles. The van der Waals surface area contributed by atoms with Gasteiger partial charge in [-0.3, -0.25) is 0 Å². The minimum absolute atomic E-state index is 0.103. The molecule has 1 aliphatic rings. The maximum absolute atomic E-state index is 5.50. The highest BCUT2D eigenvalue weighted by Crippen LogP contribution is 2.21. The largest absolute Gasteiger partial charge is 0.465 e. The molecule has 2 rings (SSSR count). The van der Waals surface area contributed by atoms with Gasteiger partial charge in [0.25, 0.3) is 0 Å². The Morgan fingerprint density at radius 2 is 2.06 bits per heavy atom.